The molecular weight excluding hydrogens is 488 g/mol. The largest absolute Gasteiger partial charge is 0.494 e. The summed E-state index contributed by atoms with van der Waals surface area (Å²) in [5.41, 5.74) is 4.27. The first-order valence-electron chi connectivity index (χ1n) is 14.8. The Morgan fingerprint density at radius 1 is 0.895 bits per heavy atom. The maximum absolute atomic E-state index is 12.9. The quantitative estimate of drug-likeness (QED) is 0.182. The summed E-state index contributed by atoms with van der Waals surface area (Å²) in [6.07, 6.45) is 16.4. The van der Waals surface area contributed by atoms with E-state index in [1.54, 1.807) is 0 Å². The smallest absolute Gasteiger partial charge is 0.228 e. The first kappa shape index (κ1) is 30.1. The predicted octanol–water partition coefficient (Wildman–Crippen LogP) is 9.32. The highest BCUT2D eigenvalue weighted by Crippen LogP contribution is 2.27. The lowest BCUT2D eigenvalue weighted by molar-refractivity contribution is -0.115. The maximum Gasteiger partial charge on any atom is 0.228 e. The van der Waals surface area contributed by atoms with E-state index in [2.05, 4.69) is 35.5 Å². The Morgan fingerprint density at radius 2 is 1.58 bits per heavy atom. The molecule has 208 valence electrons. The summed E-state index contributed by atoms with van der Waals surface area (Å²) in [7, 11) is 0. The number of para-hydroxylation sites is 1. The molecule has 4 nitrogen and oxygen atoms in total. The van der Waals surface area contributed by atoms with Crippen molar-refractivity contribution in [2.24, 2.45) is 0 Å². The Kier molecular flexibility index (Phi) is 14.3. The number of nitrogens with one attached hydrogen (secondary N) is 1. The third kappa shape index (κ3) is 11.6. The second-order valence-corrected chi connectivity index (χ2v) is 11.3. The number of nitrogens with zero attached hydrogens (tertiary/aromatic N) is 1. The van der Waals surface area contributed by atoms with Gasteiger partial charge in [0.25, 0.3) is 0 Å². The number of hydrogen-bond donors (Lipinski definition) is 1. The van der Waals surface area contributed by atoms with Gasteiger partial charge in [0, 0.05) is 17.9 Å². The number of amides is 1. The monoisotopic (exact) mass is 536 g/mol. The van der Waals surface area contributed by atoms with Gasteiger partial charge in [-0.25, -0.2) is 0 Å². The van der Waals surface area contributed by atoms with Gasteiger partial charge in [0.05, 0.1) is 18.9 Å². The summed E-state index contributed by atoms with van der Waals surface area (Å²) in [5.74, 6) is 1.81. The molecule has 0 radical (unpaired) electrons. The molecule has 1 aliphatic rings. The summed E-state index contributed by atoms with van der Waals surface area (Å²) in [6, 6.07) is 16.1. The fraction of sp³-hybridized carbons (Fsp3) is 0.545. The van der Waals surface area contributed by atoms with Gasteiger partial charge in [0.1, 0.15) is 5.75 Å². The van der Waals surface area contributed by atoms with Gasteiger partial charge in [-0.05, 0) is 48.1 Å². The lowest BCUT2D eigenvalue weighted by atomic mass is 10.1. The molecule has 1 heterocycles. The third-order valence-corrected chi connectivity index (χ3v) is 8.13. The summed E-state index contributed by atoms with van der Waals surface area (Å²) >= 11 is 1.81. The van der Waals surface area contributed by atoms with E-state index in [0.717, 1.165) is 48.0 Å². The number of ether oxygens (including phenoxy) is 1. The zero-order chi connectivity index (χ0) is 26.8. The lowest BCUT2D eigenvalue weighted by Gasteiger charge is -2.21. The number of thioether (sulfide) groups is 1. The number of unbranched alkanes of at least 4 members (excludes halogenated alkanes) is 11. The molecule has 1 amide bonds. The SMILES string of the molecule is CCCCCCCCCCCCCCOc1cccc(CC(=O)Nc2ccccc2CN2CSC=C2C)c1. The zero-order valence-corrected chi connectivity index (χ0v) is 24.5. The van der Waals surface area contributed by atoms with Crippen LogP contribution in [0.3, 0.4) is 0 Å². The molecular formula is C33H48N2O2S. The van der Waals surface area contributed by atoms with Crippen molar-refractivity contribution in [2.45, 2.75) is 104 Å². The Balaban J connectivity index is 1.31. The molecule has 0 saturated carbocycles. The highest BCUT2D eigenvalue weighted by Gasteiger charge is 2.15. The van der Waals surface area contributed by atoms with Crippen molar-refractivity contribution < 1.29 is 9.53 Å². The number of carbonyl (C=O) groups is 1. The van der Waals surface area contributed by atoms with Crippen molar-refractivity contribution in [3.63, 3.8) is 0 Å². The van der Waals surface area contributed by atoms with E-state index < -0.39 is 0 Å². The van der Waals surface area contributed by atoms with E-state index in [9.17, 15) is 4.79 Å². The molecule has 0 unspecified atom stereocenters. The van der Waals surface area contributed by atoms with Crippen LogP contribution in [0.15, 0.2) is 59.6 Å². The Hall–Kier alpha value is -2.40. The number of anilines is 1. The van der Waals surface area contributed by atoms with E-state index >= 15 is 0 Å². The van der Waals surface area contributed by atoms with Crippen LogP contribution in [-0.4, -0.2) is 23.3 Å². The van der Waals surface area contributed by atoms with Gasteiger partial charge in [-0.15, -0.1) is 11.8 Å². The number of benzene rings is 2. The number of carbonyl (C=O) groups excluding carboxylic acids is 1. The first-order chi connectivity index (χ1) is 18.7. The van der Waals surface area contributed by atoms with Crippen LogP contribution in [0.4, 0.5) is 5.69 Å². The van der Waals surface area contributed by atoms with Gasteiger partial charge in [-0.3, -0.25) is 4.79 Å². The Labute approximate surface area is 235 Å². The number of allylic oxidation sites excluding steroid dienone is 1. The molecule has 0 saturated heterocycles. The molecule has 5 heteroatoms. The average Bonchev–Trinajstić information content (AvgIpc) is 3.32. The second kappa shape index (κ2) is 18.0. The van der Waals surface area contributed by atoms with Gasteiger partial charge in [-0.2, -0.15) is 0 Å². The van der Waals surface area contributed by atoms with Crippen LogP contribution in [0, 0.1) is 0 Å². The van der Waals surface area contributed by atoms with E-state index in [1.165, 1.54) is 76.3 Å². The van der Waals surface area contributed by atoms with Crippen molar-refractivity contribution in [3.8, 4) is 5.75 Å². The Bertz CT molecular complexity index is 990. The van der Waals surface area contributed by atoms with E-state index in [0.29, 0.717) is 6.42 Å². The van der Waals surface area contributed by atoms with Gasteiger partial charge in [-0.1, -0.05) is 108 Å². The fourth-order valence-electron chi connectivity index (χ4n) is 4.84. The second-order valence-electron chi connectivity index (χ2n) is 10.5. The molecule has 0 fully saturated rings. The van der Waals surface area contributed by atoms with Crippen molar-refractivity contribution in [2.75, 3.05) is 17.8 Å². The normalized spacial score (nSPS) is 13.0. The van der Waals surface area contributed by atoms with Crippen LogP contribution < -0.4 is 10.1 Å². The van der Waals surface area contributed by atoms with Gasteiger partial charge < -0.3 is 15.0 Å². The maximum atomic E-state index is 12.9. The molecule has 38 heavy (non-hydrogen) atoms. The van der Waals surface area contributed by atoms with E-state index in [1.807, 2.05) is 54.2 Å². The predicted molar refractivity (Wildman–Crippen MR) is 164 cm³/mol. The molecule has 1 aliphatic heterocycles. The van der Waals surface area contributed by atoms with Crippen LogP contribution >= 0.6 is 11.8 Å². The molecule has 2 aromatic rings. The van der Waals surface area contributed by atoms with E-state index in [4.69, 9.17) is 4.74 Å². The van der Waals surface area contributed by atoms with Crippen LogP contribution in [-0.2, 0) is 17.8 Å². The molecule has 0 aromatic heterocycles. The van der Waals surface area contributed by atoms with Crippen molar-refractivity contribution in [3.05, 3.63) is 70.8 Å². The lowest BCUT2D eigenvalue weighted by Crippen LogP contribution is -2.20. The molecule has 1 N–H and O–H groups in total. The van der Waals surface area contributed by atoms with Crippen LogP contribution in [0.2, 0.25) is 0 Å². The fourth-order valence-corrected chi connectivity index (χ4v) is 5.78. The number of rotatable bonds is 19. The highest BCUT2D eigenvalue weighted by molar-refractivity contribution is 8.02. The molecule has 3 rings (SSSR count). The van der Waals surface area contributed by atoms with Crippen LogP contribution in [0.5, 0.6) is 5.75 Å². The average molecular weight is 537 g/mol. The van der Waals surface area contributed by atoms with Gasteiger partial charge >= 0.3 is 0 Å². The van der Waals surface area contributed by atoms with Crippen molar-refractivity contribution in [1.29, 1.82) is 0 Å². The van der Waals surface area contributed by atoms with Crippen molar-refractivity contribution >= 4 is 23.4 Å². The molecule has 0 atom stereocenters. The van der Waals surface area contributed by atoms with Crippen LogP contribution in [0.25, 0.3) is 0 Å². The minimum atomic E-state index is -0.00128. The third-order valence-electron chi connectivity index (χ3n) is 7.17. The number of hydrogen-bond acceptors (Lipinski definition) is 4. The molecule has 0 aliphatic carbocycles. The molecule has 0 bridgehead atoms. The van der Waals surface area contributed by atoms with Gasteiger partial charge in [0.2, 0.25) is 5.91 Å². The molecule has 0 spiro atoms. The topological polar surface area (TPSA) is 41.6 Å². The molecule has 2 aromatic carbocycles. The van der Waals surface area contributed by atoms with Gasteiger partial charge in [0.15, 0.2) is 0 Å². The Morgan fingerprint density at radius 3 is 2.26 bits per heavy atom. The van der Waals surface area contributed by atoms with E-state index in [-0.39, 0.29) is 5.91 Å². The van der Waals surface area contributed by atoms with Crippen molar-refractivity contribution in [1.82, 2.24) is 4.90 Å². The standard InChI is InChI=1S/C33H48N2O2S/c1-3-4-5-6-7-8-9-10-11-12-13-16-22-37-31-20-17-18-29(23-31)24-33(36)34-32-21-15-14-19-30(32)25-35-27-38-26-28(35)2/h14-15,17-21,23,26H,3-13,16,22,24-25,27H2,1-2H3,(H,34,36). The summed E-state index contributed by atoms with van der Waals surface area (Å²) in [4.78, 5) is 15.2. The van der Waals surface area contributed by atoms with Crippen LogP contribution in [0.1, 0.15) is 102 Å². The zero-order valence-electron chi connectivity index (χ0n) is 23.7. The first-order valence-corrected chi connectivity index (χ1v) is 15.8. The minimum absolute atomic E-state index is 0.00128. The summed E-state index contributed by atoms with van der Waals surface area (Å²) < 4.78 is 6.00. The summed E-state index contributed by atoms with van der Waals surface area (Å²) in [6.45, 7) is 5.95. The summed E-state index contributed by atoms with van der Waals surface area (Å²) in [5, 5.41) is 5.32. The minimum Gasteiger partial charge on any atom is -0.494 e. The highest BCUT2D eigenvalue weighted by atomic mass is 32.2.